The van der Waals surface area contributed by atoms with Gasteiger partial charge in [0.25, 0.3) is 0 Å². The number of benzene rings is 1. The highest BCUT2D eigenvalue weighted by Gasteiger charge is 2.36. The summed E-state index contributed by atoms with van der Waals surface area (Å²) >= 11 is 0. The van der Waals surface area contributed by atoms with Crippen molar-refractivity contribution in [2.45, 2.75) is 44.6 Å². The number of nitrogens with zero attached hydrogens (tertiary/aromatic N) is 1. The maximum absolute atomic E-state index is 11.8. The van der Waals surface area contributed by atoms with Crippen LogP contribution in [0.1, 0.15) is 54.2 Å². The lowest BCUT2D eigenvalue weighted by Crippen LogP contribution is -2.25. The van der Waals surface area contributed by atoms with Gasteiger partial charge in [-0.3, -0.25) is 4.98 Å². The average Bonchev–Trinajstić information content (AvgIpc) is 3.30. The maximum atomic E-state index is 11.8. The summed E-state index contributed by atoms with van der Waals surface area (Å²) in [6.07, 6.45) is 4.47. The predicted molar refractivity (Wildman–Crippen MR) is 88.1 cm³/mol. The van der Waals surface area contributed by atoms with Crippen LogP contribution >= 0.6 is 0 Å². The van der Waals surface area contributed by atoms with E-state index >= 15 is 0 Å². The summed E-state index contributed by atoms with van der Waals surface area (Å²) in [7, 11) is 0. The topological polar surface area (TPSA) is 68.7 Å². The van der Waals surface area contributed by atoms with Gasteiger partial charge in [0.15, 0.2) is 11.5 Å². The van der Waals surface area contributed by atoms with E-state index in [4.69, 9.17) is 9.47 Å². The standard InChI is InChI=1S/C19H19NO4/c1-19(2)9-14-17(24-19)16(18(21)22)15(10-20-14)23-13-5-3-4-12(8-13)11-6-7-11/h3-5,8,10-11H,6-7,9H2,1-2H3,(H,21,22). The molecule has 1 aromatic heterocycles. The van der Waals surface area contributed by atoms with E-state index in [-0.39, 0.29) is 11.3 Å². The van der Waals surface area contributed by atoms with Gasteiger partial charge < -0.3 is 14.6 Å². The van der Waals surface area contributed by atoms with Gasteiger partial charge in [-0.25, -0.2) is 4.79 Å². The molecule has 2 aromatic rings. The highest BCUT2D eigenvalue weighted by molar-refractivity contribution is 5.94. The summed E-state index contributed by atoms with van der Waals surface area (Å²) in [6.45, 7) is 3.83. The monoisotopic (exact) mass is 325 g/mol. The van der Waals surface area contributed by atoms with E-state index in [0.29, 0.717) is 29.5 Å². The van der Waals surface area contributed by atoms with E-state index in [2.05, 4.69) is 11.1 Å². The molecule has 0 spiro atoms. The average molecular weight is 325 g/mol. The van der Waals surface area contributed by atoms with Crippen molar-refractivity contribution < 1.29 is 19.4 Å². The molecule has 124 valence electrons. The molecule has 5 heteroatoms. The molecular formula is C19H19NO4. The Morgan fingerprint density at radius 1 is 1.38 bits per heavy atom. The van der Waals surface area contributed by atoms with Crippen LogP contribution in [0.15, 0.2) is 30.5 Å². The number of rotatable bonds is 4. The van der Waals surface area contributed by atoms with Gasteiger partial charge in [0.05, 0.1) is 11.9 Å². The highest BCUT2D eigenvalue weighted by atomic mass is 16.5. The van der Waals surface area contributed by atoms with Crippen LogP contribution in [-0.2, 0) is 6.42 Å². The molecule has 2 aliphatic rings. The molecule has 1 fully saturated rings. The molecule has 0 unspecified atom stereocenters. The summed E-state index contributed by atoms with van der Waals surface area (Å²) in [5, 5.41) is 9.64. The number of hydrogen-bond donors (Lipinski definition) is 1. The SMILES string of the molecule is CC1(C)Cc2ncc(Oc3cccc(C4CC4)c3)c(C(=O)O)c2O1. The number of aromatic nitrogens is 1. The number of carboxylic acids is 1. The van der Waals surface area contributed by atoms with Gasteiger partial charge in [-0.2, -0.15) is 0 Å². The maximum Gasteiger partial charge on any atom is 0.343 e. The molecule has 1 saturated carbocycles. The molecule has 1 aromatic carbocycles. The normalized spacial score (nSPS) is 17.9. The molecule has 0 amide bonds. The van der Waals surface area contributed by atoms with Crippen LogP contribution in [0.25, 0.3) is 0 Å². The number of aromatic carboxylic acids is 1. The van der Waals surface area contributed by atoms with Crippen LogP contribution in [0.4, 0.5) is 0 Å². The van der Waals surface area contributed by atoms with Crippen LogP contribution in [0.5, 0.6) is 17.2 Å². The van der Waals surface area contributed by atoms with Crippen LogP contribution in [0, 0.1) is 0 Å². The quantitative estimate of drug-likeness (QED) is 0.914. The van der Waals surface area contributed by atoms with Gasteiger partial charge >= 0.3 is 5.97 Å². The first-order valence-corrected chi connectivity index (χ1v) is 8.15. The van der Waals surface area contributed by atoms with Crippen molar-refractivity contribution >= 4 is 5.97 Å². The number of pyridine rings is 1. The third-order valence-corrected chi connectivity index (χ3v) is 4.39. The Balaban J connectivity index is 1.71. The number of carboxylic acid groups (broad SMARTS) is 1. The Morgan fingerprint density at radius 2 is 2.17 bits per heavy atom. The Bertz CT molecular complexity index is 824. The fourth-order valence-electron chi connectivity index (χ4n) is 3.12. The second-order valence-electron chi connectivity index (χ2n) is 7.07. The second-order valence-corrected chi connectivity index (χ2v) is 7.07. The van der Waals surface area contributed by atoms with Crippen molar-refractivity contribution in [2.75, 3.05) is 0 Å². The minimum Gasteiger partial charge on any atom is -0.484 e. The molecule has 0 radical (unpaired) electrons. The van der Waals surface area contributed by atoms with E-state index in [1.54, 1.807) is 0 Å². The van der Waals surface area contributed by atoms with Gasteiger partial charge in [0, 0.05) is 6.42 Å². The van der Waals surface area contributed by atoms with Crippen molar-refractivity contribution in [3.63, 3.8) is 0 Å². The largest absolute Gasteiger partial charge is 0.484 e. The lowest BCUT2D eigenvalue weighted by atomic mass is 10.0. The van der Waals surface area contributed by atoms with Crippen LogP contribution in [0.3, 0.4) is 0 Å². The number of hydrogen-bond acceptors (Lipinski definition) is 4. The molecular weight excluding hydrogens is 306 g/mol. The third-order valence-electron chi connectivity index (χ3n) is 4.39. The molecule has 2 heterocycles. The first kappa shape index (κ1) is 15.0. The van der Waals surface area contributed by atoms with Gasteiger partial charge in [-0.05, 0) is 50.3 Å². The number of fused-ring (bicyclic) bond motifs is 1. The fourth-order valence-corrected chi connectivity index (χ4v) is 3.12. The van der Waals surface area contributed by atoms with Crippen LogP contribution in [0.2, 0.25) is 0 Å². The zero-order chi connectivity index (χ0) is 16.9. The first-order chi connectivity index (χ1) is 11.4. The van der Waals surface area contributed by atoms with Crippen LogP contribution in [-0.4, -0.2) is 21.7 Å². The fraction of sp³-hybridized carbons (Fsp3) is 0.368. The van der Waals surface area contributed by atoms with Gasteiger partial charge in [-0.15, -0.1) is 0 Å². The molecule has 1 aliphatic heterocycles. The Hall–Kier alpha value is -2.56. The van der Waals surface area contributed by atoms with Crippen molar-refractivity contribution in [3.8, 4) is 17.2 Å². The Kier molecular flexibility index (Phi) is 3.27. The molecule has 24 heavy (non-hydrogen) atoms. The van der Waals surface area contributed by atoms with E-state index in [1.165, 1.54) is 24.6 Å². The lowest BCUT2D eigenvalue weighted by molar-refractivity contribution is 0.0682. The van der Waals surface area contributed by atoms with Gasteiger partial charge in [-0.1, -0.05) is 12.1 Å². The van der Waals surface area contributed by atoms with Crippen LogP contribution < -0.4 is 9.47 Å². The Morgan fingerprint density at radius 3 is 2.88 bits per heavy atom. The van der Waals surface area contributed by atoms with E-state index < -0.39 is 11.6 Å². The van der Waals surface area contributed by atoms with Crippen molar-refractivity contribution in [3.05, 3.63) is 47.3 Å². The number of carbonyl (C=O) groups is 1. The van der Waals surface area contributed by atoms with E-state index in [0.717, 1.165) is 0 Å². The minimum absolute atomic E-state index is 0.0439. The first-order valence-electron chi connectivity index (χ1n) is 8.15. The summed E-state index contributed by atoms with van der Waals surface area (Å²) in [5.74, 6) is 0.700. The summed E-state index contributed by atoms with van der Waals surface area (Å²) in [6, 6.07) is 7.82. The summed E-state index contributed by atoms with van der Waals surface area (Å²) < 4.78 is 11.7. The second kappa shape index (κ2) is 5.23. The molecule has 5 nitrogen and oxygen atoms in total. The molecule has 0 atom stereocenters. The zero-order valence-corrected chi connectivity index (χ0v) is 13.7. The smallest absolute Gasteiger partial charge is 0.343 e. The van der Waals surface area contributed by atoms with Crippen molar-refractivity contribution in [2.24, 2.45) is 0 Å². The molecule has 1 N–H and O–H groups in total. The minimum atomic E-state index is -1.07. The highest BCUT2D eigenvalue weighted by Crippen LogP contribution is 2.43. The van der Waals surface area contributed by atoms with Gasteiger partial charge in [0.2, 0.25) is 0 Å². The molecule has 0 saturated heterocycles. The van der Waals surface area contributed by atoms with E-state index in [9.17, 15) is 9.90 Å². The van der Waals surface area contributed by atoms with E-state index in [1.807, 2.05) is 32.0 Å². The molecule has 0 bridgehead atoms. The Labute approximate surface area is 140 Å². The van der Waals surface area contributed by atoms with Crippen molar-refractivity contribution in [1.82, 2.24) is 4.98 Å². The third kappa shape index (κ3) is 2.70. The molecule has 1 aliphatic carbocycles. The summed E-state index contributed by atoms with van der Waals surface area (Å²) in [5.41, 5.74) is 1.49. The zero-order valence-electron chi connectivity index (χ0n) is 13.7. The predicted octanol–water partition coefficient (Wildman–Crippen LogP) is 4.16. The van der Waals surface area contributed by atoms with Gasteiger partial charge in [0.1, 0.15) is 16.9 Å². The number of ether oxygens (including phenoxy) is 2. The summed E-state index contributed by atoms with van der Waals surface area (Å²) in [4.78, 5) is 16.1. The molecule has 4 rings (SSSR count). The van der Waals surface area contributed by atoms with Crippen molar-refractivity contribution in [1.29, 1.82) is 0 Å². The lowest BCUT2D eigenvalue weighted by Gasteiger charge is -2.17.